The summed E-state index contributed by atoms with van der Waals surface area (Å²) in [4.78, 5) is 196. The smallest absolute Gasteiger partial charge is 0.407 e. The number of carbonyl (C=O) groups is 15. The second kappa shape index (κ2) is 33.1. The number of aliphatic hydroxyl groups is 1. The highest BCUT2D eigenvalue weighted by Crippen LogP contribution is 2.17. The summed E-state index contributed by atoms with van der Waals surface area (Å²) in [6, 6.07) is -9.61. The Morgan fingerprint density at radius 3 is 1.81 bits per heavy atom. The standard InChI is InChI=1S/C47H66N12O21/c1-5-13-79-47(78)50-12-8-11-26-41(72)57-28(17-36(68)69)42(73)53-22(3)39(70)56-27(16-35(66)67)40(71)51-18-33(63)55-30(20-60)43(74)59-38(21(2)14-34(64)65)45(76)58-29(15-31(61)24-9-6-7-10-25(24)48)46(77)80-23(4)37(49)44(75)52-19-32(62)54-26/h5-7,9-10,21-23,26-30,37-38,60H,1,8,11-20,48-49H2,2-4H3,(H,50,78)(H,51,71)(H,52,75)(H,53,73)(H,54,62)(H,55,63)(H,56,70)(H,57,72)(H,58,76)(H,59,74)(H,64,65)(H,66,67)(H,68,69)/t21-,22?,23?,26?,27?,28?,29?,30?,37?,38-/m1/s1. The minimum atomic E-state index is -2.02. The molecular weight excluding hydrogens is 1070 g/mol. The highest BCUT2D eigenvalue weighted by Gasteiger charge is 2.38. The van der Waals surface area contributed by atoms with Gasteiger partial charge >= 0.3 is 30.0 Å². The van der Waals surface area contributed by atoms with E-state index in [1.807, 2.05) is 16.0 Å². The van der Waals surface area contributed by atoms with E-state index in [1.54, 1.807) is 0 Å². The number of ketones is 1. The average Bonchev–Trinajstić information content (AvgIpc) is 3.38. The Morgan fingerprint density at radius 1 is 0.700 bits per heavy atom. The minimum absolute atomic E-state index is 0.0599. The Morgan fingerprint density at radius 2 is 1.24 bits per heavy atom. The van der Waals surface area contributed by atoms with Crippen LogP contribution in [0.2, 0.25) is 0 Å². The van der Waals surface area contributed by atoms with Crippen molar-refractivity contribution in [2.24, 2.45) is 11.7 Å². The van der Waals surface area contributed by atoms with Crippen molar-refractivity contribution in [1.82, 2.24) is 53.2 Å². The normalized spacial score (nSPS) is 24.2. The first kappa shape index (κ1) is 66.8. The molecule has 80 heavy (non-hydrogen) atoms. The highest BCUT2D eigenvalue weighted by molar-refractivity contribution is 6.04. The van der Waals surface area contributed by atoms with Gasteiger partial charge in [-0.15, -0.1) is 0 Å². The monoisotopic (exact) mass is 1130 g/mol. The van der Waals surface area contributed by atoms with E-state index < -0.39 is 195 Å². The van der Waals surface area contributed by atoms with Gasteiger partial charge in [-0.3, -0.25) is 62.3 Å². The van der Waals surface area contributed by atoms with Gasteiger partial charge in [0.25, 0.3) is 0 Å². The maximum absolute atomic E-state index is 14.1. The third-order valence-corrected chi connectivity index (χ3v) is 11.4. The molecule has 0 radical (unpaired) electrons. The van der Waals surface area contributed by atoms with Crippen LogP contribution in [0.3, 0.4) is 0 Å². The van der Waals surface area contributed by atoms with Gasteiger partial charge in [0.2, 0.25) is 53.2 Å². The van der Waals surface area contributed by atoms with E-state index >= 15 is 0 Å². The number of alkyl carbamates (subject to hydrolysis) is 1. The van der Waals surface area contributed by atoms with E-state index in [9.17, 15) is 92.3 Å². The van der Waals surface area contributed by atoms with Crippen molar-refractivity contribution in [3.8, 4) is 0 Å². The lowest BCUT2D eigenvalue weighted by atomic mass is 9.96. The van der Waals surface area contributed by atoms with Crippen LogP contribution in [-0.4, -0.2) is 197 Å². The molecule has 0 saturated carbocycles. The molecule has 1 saturated heterocycles. The van der Waals surface area contributed by atoms with Gasteiger partial charge in [-0.05, 0) is 44.7 Å². The molecule has 33 heteroatoms. The molecule has 8 unspecified atom stereocenters. The number of nitrogens with one attached hydrogen (secondary N) is 10. The fourth-order valence-electron chi connectivity index (χ4n) is 7.09. The maximum Gasteiger partial charge on any atom is 0.407 e. The number of carboxylic acid groups (broad SMARTS) is 3. The number of nitrogens with two attached hydrogens (primary N) is 2. The van der Waals surface area contributed by atoms with Gasteiger partial charge in [0.1, 0.15) is 61.0 Å². The van der Waals surface area contributed by atoms with Crippen LogP contribution >= 0.6 is 0 Å². The number of aliphatic hydroxyl groups excluding tert-OH is 1. The molecule has 440 valence electrons. The maximum atomic E-state index is 14.1. The Labute approximate surface area is 455 Å². The first-order chi connectivity index (χ1) is 37.6. The number of cyclic esters (lactones) is 1. The zero-order valence-corrected chi connectivity index (χ0v) is 43.5. The lowest BCUT2D eigenvalue weighted by Gasteiger charge is -2.28. The molecule has 0 aliphatic carbocycles. The molecule has 1 aromatic carbocycles. The van der Waals surface area contributed by atoms with Crippen LogP contribution in [-0.2, 0) is 71.8 Å². The number of anilines is 1. The predicted octanol–water partition coefficient (Wildman–Crippen LogP) is -6.50. The van der Waals surface area contributed by atoms with Crippen molar-refractivity contribution in [3.05, 3.63) is 42.5 Å². The molecule has 1 fully saturated rings. The number of aliphatic carboxylic acids is 3. The van der Waals surface area contributed by atoms with E-state index in [-0.39, 0.29) is 37.2 Å². The van der Waals surface area contributed by atoms with Gasteiger partial charge in [-0.1, -0.05) is 31.7 Å². The molecular formula is C47H66N12O21. The summed E-state index contributed by atoms with van der Waals surface area (Å²) in [7, 11) is 0. The van der Waals surface area contributed by atoms with Gasteiger partial charge in [-0.2, -0.15) is 0 Å². The van der Waals surface area contributed by atoms with E-state index in [0.29, 0.717) is 0 Å². The molecule has 10 amide bonds. The molecule has 18 N–H and O–H groups in total. The van der Waals surface area contributed by atoms with Crippen LogP contribution in [0.1, 0.15) is 69.7 Å². The molecule has 2 rings (SSSR count). The number of amides is 10. The Balaban J connectivity index is 2.67. The van der Waals surface area contributed by atoms with Crippen molar-refractivity contribution in [2.75, 3.05) is 38.6 Å². The van der Waals surface area contributed by atoms with Crippen molar-refractivity contribution in [2.45, 2.75) is 114 Å². The lowest BCUT2D eigenvalue weighted by molar-refractivity contribution is -0.155. The number of ether oxygens (including phenoxy) is 2. The molecule has 1 heterocycles. The predicted molar refractivity (Wildman–Crippen MR) is 270 cm³/mol. The quantitative estimate of drug-likeness (QED) is 0.0227. The van der Waals surface area contributed by atoms with Gasteiger partial charge in [0.15, 0.2) is 5.78 Å². The highest BCUT2D eigenvalue weighted by atomic mass is 16.6. The van der Waals surface area contributed by atoms with Crippen LogP contribution in [0.5, 0.6) is 0 Å². The summed E-state index contributed by atoms with van der Waals surface area (Å²) >= 11 is 0. The van der Waals surface area contributed by atoms with E-state index in [1.165, 1.54) is 37.3 Å². The summed E-state index contributed by atoms with van der Waals surface area (Å²) < 4.78 is 10.2. The third kappa shape index (κ3) is 23.1. The Kier molecular flexibility index (Phi) is 27.7. The zero-order chi connectivity index (χ0) is 60.4. The van der Waals surface area contributed by atoms with Gasteiger partial charge in [0.05, 0.1) is 39.0 Å². The number of esters is 1. The van der Waals surface area contributed by atoms with Crippen LogP contribution in [0.25, 0.3) is 0 Å². The van der Waals surface area contributed by atoms with Crippen molar-refractivity contribution >= 4 is 94.6 Å². The molecule has 1 aromatic rings. The summed E-state index contributed by atoms with van der Waals surface area (Å²) in [5.74, 6) is -19.8. The van der Waals surface area contributed by atoms with Gasteiger partial charge in [-0.25, -0.2) is 9.59 Å². The second-order valence-electron chi connectivity index (χ2n) is 17.9. The fourth-order valence-corrected chi connectivity index (χ4v) is 7.09. The SMILES string of the molecule is C=CCOC(=O)NCCCC1NC(=O)CNC(=O)C(N)C(C)OC(=O)C(CC(=O)c2ccccc2N)NC(=O)[C@@H]([C@H](C)CC(=O)O)NC(=O)C(CO)NC(=O)CNC(=O)C(CC(=O)O)NC(=O)C(C)NC(=O)C(CC(=O)O)NC1=O. The van der Waals surface area contributed by atoms with E-state index in [2.05, 4.69) is 43.8 Å². The molecule has 0 aromatic heterocycles. The number of benzene rings is 1. The van der Waals surface area contributed by atoms with E-state index in [0.717, 1.165) is 13.8 Å². The first-order valence-electron chi connectivity index (χ1n) is 24.4. The lowest BCUT2D eigenvalue weighted by Crippen LogP contribution is -2.60. The number of carboxylic acids is 3. The van der Waals surface area contributed by atoms with Gasteiger partial charge in [0, 0.05) is 24.2 Å². The summed E-state index contributed by atoms with van der Waals surface area (Å²) in [6.07, 6.45) is -5.75. The third-order valence-electron chi connectivity index (χ3n) is 11.4. The van der Waals surface area contributed by atoms with Gasteiger partial charge < -0.3 is 94.5 Å². The number of nitrogen functional groups attached to an aromatic ring is 1. The molecule has 0 bridgehead atoms. The Hall–Kier alpha value is -9.27. The fraction of sp³-hybridized carbons (Fsp3) is 0.511. The number of hydrogen-bond donors (Lipinski definition) is 16. The summed E-state index contributed by atoms with van der Waals surface area (Å²) in [5, 5.41) is 60.4. The summed E-state index contributed by atoms with van der Waals surface area (Å²) in [6.45, 7) is 3.11. The number of Topliss-reactive ketones (excluding diaryl/α,β-unsaturated/α-hetero) is 1. The average molecular weight is 1140 g/mol. The molecule has 33 nitrogen and oxygen atoms in total. The van der Waals surface area contributed by atoms with Crippen LogP contribution in [0, 0.1) is 5.92 Å². The van der Waals surface area contributed by atoms with Crippen LogP contribution in [0.15, 0.2) is 36.9 Å². The number of para-hydroxylation sites is 1. The molecule has 1 aliphatic heterocycles. The Bertz CT molecular complexity index is 2510. The first-order valence-corrected chi connectivity index (χ1v) is 24.4. The number of carbonyl (C=O) groups excluding carboxylic acids is 12. The van der Waals surface area contributed by atoms with Crippen LogP contribution < -0.4 is 64.6 Å². The van der Waals surface area contributed by atoms with Crippen molar-refractivity contribution in [3.63, 3.8) is 0 Å². The second-order valence-corrected chi connectivity index (χ2v) is 17.9. The molecule has 1 aliphatic rings. The van der Waals surface area contributed by atoms with Crippen LogP contribution in [0.4, 0.5) is 10.5 Å². The molecule has 0 spiro atoms. The largest absolute Gasteiger partial charge is 0.481 e. The summed E-state index contributed by atoms with van der Waals surface area (Å²) in [5.41, 5.74) is 11.9. The topological polar surface area (TPSA) is 528 Å². The number of rotatable bonds is 17. The zero-order valence-electron chi connectivity index (χ0n) is 43.5. The molecule has 10 atom stereocenters. The van der Waals surface area contributed by atoms with E-state index in [4.69, 9.17) is 20.9 Å². The van der Waals surface area contributed by atoms with Crippen molar-refractivity contribution in [1.29, 1.82) is 0 Å². The minimum Gasteiger partial charge on any atom is -0.481 e. The number of hydrogen-bond acceptors (Lipinski definition) is 20. The van der Waals surface area contributed by atoms with Crippen molar-refractivity contribution < 1.29 is 102 Å².